The van der Waals surface area contributed by atoms with Gasteiger partial charge in [0, 0.05) is 18.8 Å². The predicted molar refractivity (Wildman–Crippen MR) is 76.0 cm³/mol. The van der Waals surface area contributed by atoms with Crippen LogP contribution in [0.3, 0.4) is 0 Å². The lowest BCUT2D eigenvalue weighted by Gasteiger charge is -2.08. The lowest BCUT2D eigenvalue weighted by Crippen LogP contribution is -2.34. The maximum absolute atomic E-state index is 12.5. The Hall–Kier alpha value is -2.52. The summed E-state index contributed by atoms with van der Waals surface area (Å²) >= 11 is 0. The number of hydrogen-bond donors (Lipinski definition) is 2. The van der Waals surface area contributed by atoms with Gasteiger partial charge in [0.1, 0.15) is 17.9 Å². The summed E-state index contributed by atoms with van der Waals surface area (Å²) in [6.45, 7) is 0.0777. The maximum atomic E-state index is 12.5. The van der Waals surface area contributed by atoms with Gasteiger partial charge in [-0.2, -0.15) is 26.3 Å². The fraction of sp³-hybridized carbons (Fsp3) is 0.333. The largest absolute Gasteiger partial charge is 0.433 e. The Morgan fingerprint density at radius 2 is 1.88 bits per heavy atom. The van der Waals surface area contributed by atoms with E-state index in [-0.39, 0.29) is 12.1 Å². The normalized spacial score (nSPS) is 12.3. The van der Waals surface area contributed by atoms with Gasteiger partial charge in [-0.05, 0) is 29.7 Å². The molecular weight excluding hydrogens is 352 g/mol. The van der Waals surface area contributed by atoms with Crippen LogP contribution >= 0.6 is 0 Å². The van der Waals surface area contributed by atoms with Crippen molar-refractivity contribution in [3.05, 3.63) is 52.6 Å². The van der Waals surface area contributed by atoms with E-state index in [9.17, 15) is 31.1 Å². The molecule has 0 aliphatic carbocycles. The van der Waals surface area contributed by atoms with Crippen LogP contribution in [0.1, 0.15) is 32.9 Å². The zero-order valence-electron chi connectivity index (χ0n) is 12.8. The molecule has 2 N–H and O–H groups in total. The molecule has 0 saturated carbocycles. The van der Waals surface area contributed by atoms with Crippen molar-refractivity contribution in [1.29, 1.82) is 0 Å². The molecule has 0 saturated heterocycles. The third-order valence-corrected chi connectivity index (χ3v) is 3.43. The summed E-state index contributed by atoms with van der Waals surface area (Å²) in [6.07, 6.45) is -6.38. The third kappa shape index (κ3) is 4.97. The van der Waals surface area contributed by atoms with Crippen LogP contribution in [-0.2, 0) is 12.6 Å². The number of aromatic amines is 1. The van der Waals surface area contributed by atoms with Crippen molar-refractivity contribution in [2.75, 3.05) is 6.54 Å². The predicted octanol–water partition coefficient (Wildman–Crippen LogP) is 3.62. The number of halogens is 6. The fourth-order valence-corrected chi connectivity index (χ4v) is 2.14. The lowest BCUT2D eigenvalue weighted by molar-refractivity contribution is -0.141. The molecule has 2 aromatic heterocycles. The number of carbonyl (C=O) groups excluding carboxylic acids is 1. The van der Waals surface area contributed by atoms with E-state index in [4.69, 9.17) is 0 Å². The summed E-state index contributed by atoms with van der Waals surface area (Å²) in [5.41, 5.74) is 0.406. The van der Waals surface area contributed by atoms with Gasteiger partial charge in [-0.3, -0.25) is 9.78 Å². The van der Waals surface area contributed by atoms with Crippen LogP contribution in [0, 0.1) is 6.92 Å². The molecule has 0 spiro atoms. The number of aromatic nitrogens is 2. The molecule has 2 rings (SSSR count). The lowest BCUT2D eigenvalue weighted by atomic mass is 10.0. The van der Waals surface area contributed by atoms with Crippen molar-refractivity contribution in [2.24, 2.45) is 0 Å². The van der Waals surface area contributed by atoms with Crippen molar-refractivity contribution in [3.63, 3.8) is 0 Å². The van der Waals surface area contributed by atoms with Crippen molar-refractivity contribution in [3.8, 4) is 0 Å². The Labute approximate surface area is 138 Å². The van der Waals surface area contributed by atoms with Gasteiger partial charge in [0.05, 0.1) is 0 Å². The standard InChI is InChI=1S/C15H13F6N3O/c1-8-10(4-9-2-3-11(22-5-9)15(19,20)21)6-23-12(8)13(25)24-7-14(16,17)18/h2-3,5-6,23H,4,7H2,1H3,(H,24,25). The van der Waals surface area contributed by atoms with Crippen LogP contribution in [0.25, 0.3) is 0 Å². The Bertz CT molecular complexity index is 746. The topological polar surface area (TPSA) is 57.8 Å². The summed E-state index contributed by atoms with van der Waals surface area (Å²) in [7, 11) is 0. The minimum atomic E-state index is -4.54. The van der Waals surface area contributed by atoms with Crippen molar-refractivity contribution in [2.45, 2.75) is 25.7 Å². The Morgan fingerprint density at radius 3 is 2.40 bits per heavy atom. The Balaban J connectivity index is 2.09. The molecular formula is C15H13F6N3O. The fourth-order valence-electron chi connectivity index (χ4n) is 2.14. The van der Waals surface area contributed by atoms with Gasteiger partial charge in [0.2, 0.25) is 0 Å². The molecule has 4 nitrogen and oxygen atoms in total. The molecule has 136 valence electrons. The highest BCUT2D eigenvalue weighted by Gasteiger charge is 2.32. The molecule has 0 unspecified atom stereocenters. The molecule has 0 atom stereocenters. The quantitative estimate of drug-likeness (QED) is 0.813. The molecule has 0 radical (unpaired) electrons. The van der Waals surface area contributed by atoms with Gasteiger partial charge in [0.25, 0.3) is 5.91 Å². The number of nitrogens with zero attached hydrogens (tertiary/aromatic N) is 1. The number of H-pyrrole nitrogens is 1. The molecule has 0 aliphatic heterocycles. The molecule has 25 heavy (non-hydrogen) atoms. The van der Waals surface area contributed by atoms with E-state index in [1.165, 1.54) is 19.2 Å². The Morgan fingerprint density at radius 1 is 1.20 bits per heavy atom. The van der Waals surface area contributed by atoms with Gasteiger partial charge in [-0.15, -0.1) is 0 Å². The van der Waals surface area contributed by atoms with Gasteiger partial charge in [0.15, 0.2) is 0 Å². The highest BCUT2D eigenvalue weighted by atomic mass is 19.4. The molecule has 0 aliphatic rings. The first kappa shape index (κ1) is 18.8. The first-order chi connectivity index (χ1) is 11.5. The van der Waals surface area contributed by atoms with Crippen LogP contribution in [0.5, 0.6) is 0 Å². The highest BCUT2D eigenvalue weighted by molar-refractivity contribution is 5.94. The molecule has 0 aromatic carbocycles. The molecule has 2 heterocycles. The highest BCUT2D eigenvalue weighted by Crippen LogP contribution is 2.27. The van der Waals surface area contributed by atoms with Crippen LogP contribution in [0.2, 0.25) is 0 Å². The van der Waals surface area contributed by atoms with Crippen LogP contribution in [-0.4, -0.2) is 28.6 Å². The summed E-state index contributed by atoms with van der Waals surface area (Å²) in [5, 5.41) is 1.75. The number of carbonyl (C=O) groups is 1. The van der Waals surface area contributed by atoms with Crippen LogP contribution in [0.4, 0.5) is 26.3 Å². The van der Waals surface area contributed by atoms with Gasteiger partial charge in [-0.25, -0.2) is 0 Å². The molecule has 0 fully saturated rings. The second-order valence-corrected chi connectivity index (χ2v) is 5.34. The van der Waals surface area contributed by atoms with Crippen LogP contribution < -0.4 is 5.32 Å². The summed E-state index contributed by atoms with van der Waals surface area (Å²) in [6, 6.07) is 2.10. The number of nitrogens with one attached hydrogen (secondary N) is 2. The average Bonchev–Trinajstić information content (AvgIpc) is 2.85. The number of alkyl halides is 6. The van der Waals surface area contributed by atoms with E-state index in [1.807, 2.05) is 0 Å². The maximum Gasteiger partial charge on any atom is 0.433 e. The average molecular weight is 365 g/mol. The third-order valence-electron chi connectivity index (χ3n) is 3.43. The minimum absolute atomic E-state index is 0.0286. The zero-order valence-corrected chi connectivity index (χ0v) is 12.8. The van der Waals surface area contributed by atoms with Gasteiger partial charge < -0.3 is 10.3 Å². The SMILES string of the molecule is Cc1c(Cc2ccc(C(F)(F)F)nc2)c[nH]c1C(=O)NCC(F)(F)F. The number of rotatable bonds is 4. The molecule has 2 aromatic rings. The smallest absolute Gasteiger partial charge is 0.357 e. The van der Waals surface area contributed by atoms with E-state index < -0.39 is 30.5 Å². The summed E-state index contributed by atoms with van der Waals surface area (Å²) in [4.78, 5) is 17.7. The van der Waals surface area contributed by atoms with E-state index >= 15 is 0 Å². The van der Waals surface area contributed by atoms with E-state index in [0.717, 1.165) is 12.3 Å². The first-order valence-electron chi connectivity index (χ1n) is 7.01. The monoisotopic (exact) mass is 365 g/mol. The number of hydrogen-bond acceptors (Lipinski definition) is 2. The molecule has 10 heteroatoms. The molecule has 0 bridgehead atoms. The van der Waals surface area contributed by atoms with Crippen molar-refractivity contribution < 1.29 is 31.1 Å². The van der Waals surface area contributed by atoms with Gasteiger partial charge in [-0.1, -0.05) is 6.07 Å². The number of amides is 1. The van der Waals surface area contributed by atoms with E-state index in [1.54, 1.807) is 5.32 Å². The summed E-state index contributed by atoms with van der Waals surface area (Å²) in [5.74, 6) is -0.911. The molecule has 1 amide bonds. The first-order valence-corrected chi connectivity index (χ1v) is 7.01. The van der Waals surface area contributed by atoms with Gasteiger partial charge >= 0.3 is 12.4 Å². The summed E-state index contributed by atoms with van der Waals surface area (Å²) < 4.78 is 73.8. The van der Waals surface area contributed by atoms with Crippen LogP contribution in [0.15, 0.2) is 24.5 Å². The Kier molecular flexibility index (Phi) is 5.09. The van der Waals surface area contributed by atoms with Crippen molar-refractivity contribution in [1.82, 2.24) is 15.3 Å². The second kappa shape index (κ2) is 6.77. The minimum Gasteiger partial charge on any atom is -0.357 e. The second-order valence-electron chi connectivity index (χ2n) is 5.34. The number of pyridine rings is 1. The van der Waals surface area contributed by atoms with E-state index in [0.29, 0.717) is 16.7 Å². The van der Waals surface area contributed by atoms with Crippen molar-refractivity contribution >= 4 is 5.91 Å². The zero-order chi connectivity index (χ0) is 18.8. The van der Waals surface area contributed by atoms with E-state index in [2.05, 4.69) is 9.97 Å².